The largest absolute Gasteiger partial charge is 0.508 e. The van der Waals surface area contributed by atoms with Gasteiger partial charge in [0.2, 0.25) is 0 Å². The fourth-order valence-electron chi connectivity index (χ4n) is 1.91. The van der Waals surface area contributed by atoms with Crippen molar-refractivity contribution in [3.63, 3.8) is 0 Å². The van der Waals surface area contributed by atoms with Crippen molar-refractivity contribution >= 4 is 11.3 Å². The Balaban J connectivity index is 1.94. The van der Waals surface area contributed by atoms with Crippen LogP contribution in [0, 0.1) is 20.8 Å². The maximum Gasteiger partial charge on any atom is 0.120 e. The molecule has 0 saturated carbocycles. The molecule has 3 heteroatoms. The molecule has 0 aliphatic rings. The van der Waals surface area contributed by atoms with Crippen LogP contribution in [0.1, 0.15) is 26.4 Å². The zero-order valence-corrected chi connectivity index (χ0v) is 11.9. The summed E-state index contributed by atoms with van der Waals surface area (Å²) in [5.41, 5.74) is 3.49. The minimum Gasteiger partial charge on any atom is -0.508 e. The van der Waals surface area contributed by atoms with Crippen LogP contribution in [0.3, 0.4) is 0 Å². The number of hydrogen-bond donors (Lipinski definition) is 2. The highest BCUT2D eigenvalue weighted by Gasteiger charge is 2.03. The predicted octanol–water partition coefficient (Wildman–Crippen LogP) is 3.67. The standard InChI is InChI=1S/C15H19NOS/c1-10-4-5-15(17)13(6-10)8-16-9-14-7-11(2)12(3)18-14/h4-7,16-17H,8-9H2,1-3H3. The third-order valence-electron chi connectivity index (χ3n) is 3.07. The monoisotopic (exact) mass is 261 g/mol. The molecule has 1 heterocycles. The van der Waals surface area contributed by atoms with Crippen molar-refractivity contribution in [2.75, 3.05) is 0 Å². The lowest BCUT2D eigenvalue weighted by Gasteiger charge is -2.07. The first-order valence-electron chi connectivity index (χ1n) is 6.11. The molecule has 1 aromatic carbocycles. The van der Waals surface area contributed by atoms with Gasteiger partial charge < -0.3 is 10.4 Å². The van der Waals surface area contributed by atoms with Crippen LogP contribution >= 0.6 is 11.3 Å². The maximum absolute atomic E-state index is 9.74. The number of phenols is 1. The molecule has 0 unspecified atom stereocenters. The van der Waals surface area contributed by atoms with E-state index in [1.165, 1.54) is 20.9 Å². The second-order valence-corrected chi connectivity index (χ2v) is 6.03. The molecule has 1 aromatic heterocycles. The van der Waals surface area contributed by atoms with Crippen molar-refractivity contribution in [3.8, 4) is 5.75 Å². The maximum atomic E-state index is 9.74. The summed E-state index contributed by atoms with van der Waals surface area (Å²) in [5.74, 6) is 0.367. The molecule has 96 valence electrons. The summed E-state index contributed by atoms with van der Waals surface area (Å²) in [4.78, 5) is 2.72. The Labute approximate surface area is 112 Å². The van der Waals surface area contributed by atoms with E-state index in [0.717, 1.165) is 12.1 Å². The van der Waals surface area contributed by atoms with Gasteiger partial charge in [-0.15, -0.1) is 11.3 Å². The Morgan fingerprint density at radius 1 is 1.11 bits per heavy atom. The number of nitrogens with one attached hydrogen (secondary N) is 1. The Bertz CT molecular complexity index is 526. The Morgan fingerprint density at radius 3 is 2.56 bits per heavy atom. The summed E-state index contributed by atoms with van der Waals surface area (Å²) < 4.78 is 0. The lowest BCUT2D eigenvalue weighted by atomic mass is 10.1. The molecule has 0 bridgehead atoms. The molecular formula is C15H19NOS. The quantitative estimate of drug-likeness (QED) is 0.880. The number of rotatable bonds is 4. The van der Waals surface area contributed by atoms with Gasteiger partial charge in [0.25, 0.3) is 0 Å². The van der Waals surface area contributed by atoms with Crippen LogP contribution in [0.4, 0.5) is 0 Å². The number of phenolic OH excluding ortho intramolecular Hbond substituents is 1. The number of hydrogen-bond acceptors (Lipinski definition) is 3. The van der Waals surface area contributed by atoms with Crippen molar-refractivity contribution in [2.45, 2.75) is 33.9 Å². The van der Waals surface area contributed by atoms with Crippen molar-refractivity contribution < 1.29 is 5.11 Å². The van der Waals surface area contributed by atoms with Crippen LogP contribution in [0.15, 0.2) is 24.3 Å². The molecule has 0 aliphatic heterocycles. The summed E-state index contributed by atoms with van der Waals surface area (Å²) >= 11 is 1.83. The number of aryl methyl sites for hydroxylation is 3. The van der Waals surface area contributed by atoms with Gasteiger partial charge in [0.15, 0.2) is 0 Å². The first-order chi connectivity index (χ1) is 8.56. The average molecular weight is 261 g/mol. The fourth-order valence-corrected chi connectivity index (χ4v) is 2.94. The van der Waals surface area contributed by atoms with Crippen LogP contribution in [-0.4, -0.2) is 5.11 Å². The molecule has 0 radical (unpaired) electrons. The smallest absolute Gasteiger partial charge is 0.120 e. The minimum absolute atomic E-state index is 0.367. The van der Waals surface area contributed by atoms with Gasteiger partial charge in [0.1, 0.15) is 5.75 Å². The zero-order valence-electron chi connectivity index (χ0n) is 11.1. The highest BCUT2D eigenvalue weighted by Crippen LogP contribution is 2.21. The molecule has 2 nitrogen and oxygen atoms in total. The second-order valence-electron chi connectivity index (χ2n) is 4.69. The van der Waals surface area contributed by atoms with Gasteiger partial charge in [-0.25, -0.2) is 0 Å². The van der Waals surface area contributed by atoms with Gasteiger partial charge in [-0.1, -0.05) is 17.7 Å². The van der Waals surface area contributed by atoms with E-state index in [1.807, 2.05) is 30.4 Å². The normalized spacial score (nSPS) is 10.8. The average Bonchev–Trinajstić information content (AvgIpc) is 2.63. The topological polar surface area (TPSA) is 32.3 Å². The Kier molecular flexibility index (Phi) is 4.04. The van der Waals surface area contributed by atoms with E-state index in [9.17, 15) is 5.11 Å². The van der Waals surface area contributed by atoms with E-state index in [1.54, 1.807) is 6.07 Å². The third kappa shape index (κ3) is 3.12. The summed E-state index contributed by atoms with van der Waals surface area (Å²) in [6.45, 7) is 7.88. The van der Waals surface area contributed by atoms with Gasteiger partial charge in [-0.05, 0) is 38.5 Å². The molecule has 2 aromatic rings. The molecular weight excluding hydrogens is 242 g/mol. The van der Waals surface area contributed by atoms with Crippen molar-refractivity contribution in [1.82, 2.24) is 5.32 Å². The second kappa shape index (κ2) is 5.55. The Morgan fingerprint density at radius 2 is 1.89 bits per heavy atom. The summed E-state index contributed by atoms with van der Waals surface area (Å²) in [5, 5.41) is 13.1. The molecule has 2 rings (SSSR count). The highest BCUT2D eigenvalue weighted by atomic mass is 32.1. The van der Waals surface area contributed by atoms with E-state index >= 15 is 0 Å². The fraction of sp³-hybridized carbons (Fsp3) is 0.333. The Hall–Kier alpha value is -1.32. The van der Waals surface area contributed by atoms with Gasteiger partial charge >= 0.3 is 0 Å². The number of benzene rings is 1. The van der Waals surface area contributed by atoms with Crippen LogP contribution in [0.2, 0.25) is 0 Å². The molecule has 0 saturated heterocycles. The van der Waals surface area contributed by atoms with Crippen LogP contribution in [-0.2, 0) is 13.1 Å². The van der Waals surface area contributed by atoms with E-state index in [0.29, 0.717) is 12.3 Å². The highest BCUT2D eigenvalue weighted by molar-refractivity contribution is 7.12. The van der Waals surface area contributed by atoms with Gasteiger partial charge in [0.05, 0.1) is 0 Å². The van der Waals surface area contributed by atoms with Crippen LogP contribution in [0.5, 0.6) is 5.75 Å². The van der Waals surface area contributed by atoms with Gasteiger partial charge in [-0.3, -0.25) is 0 Å². The van der Waals surface area contributed by atoms with Crippen molar-refractivity contribution in [2.24, 2.45) is 0 Å². The lowest BCUT2D eigenvalue weighted by Crippen LogP contribution is -2.11. The molecule has 0 aliphatic carbocycles. The SMILES string of the molecule is Cc1ccc(O)c(CNCc2cc(C)c(C)s2)c1. The van der Waals surface area contributed by atoms with E-state index < -0.39 is 0 Å². The van der Waals surface area contributed by atoms with Crippen molar-refractivity contribution in [1.29, 1.82) is 0 Å². The molecule has 0 spiro atoms. The van der Waals surface area contributed by atoms with Crippen LogP contribution in [0.25, 0.3) is 0 Å². The van der Waals surface area contributed by atoms with Crippen LogP contribution < -0.4 is 5.32 Å². The molecule has 0 atom stereocenters. The van der Waals surface area contributed by atoms with Crippen molar-refractivity contribution in [3.05, 3.63) is 50.7 Å². The molecule has 0 amide bonds. The predicted molar refractivity (Wildman–Crippen MR) is 77.2 cm³/mol. The summed E-state index contributed by atoms with van der Waals surface area (Å²) in [6.07, 6.45) is 0. The van der Waals surface area contributed by atoms with Gasteiger partial charge in [0, 0.05) is 28.4 Å². The van der Waals surface area contributed by atoms with Gasteiger partial charge in [-0.2, -0.15) is 0 Å². The number of aromatic hydroxyl groups is 1. The molecule has 2 N–H and O–H groups in total. The molecule has 18 heavy (non-hydrogen) atoms. The first-order valence-corrected chi connectivity index (χ1v) is 6.93. The summed E-state index contributed by atoms with van der Waals surface area (Å²) in [6, 6.07) is 7.92. The van der Waals surface area contributed by atoms with E-state index in [-0.39, 0.29) is 0 Å². The first kappa shape index (κ1) is 13.1. The number of thiophene rings is 1. The lowest BCUT2D eigenvalue weighted by molar-refractivity contribution is 0.464. The third-order valence-corrected chi connectivity index (χ3v) is 4.22. The summed E-state index contributed by atoms with van der Waals surface area (Å²) in [7, 11) is 0. The van der Waals surface area contributed by atoms with E-state index in [2.05, 4.69) is 25.2 Å². The van der Waals surface area contributed by atoms with E-state index in [4.69, 9.17) is 0 Å². The molecule has 0 fully saturated rings. The zero-order chi connectivity index (χ0) is 13.1. The minimum atomic E-state index is 0.367.